The van der Waals surface area contributed by atoms with Crippen LogP contribution >= 0.6 is 0 Å². The van der Waals surface area contributed by atoms with E-state index in [0.717, 1.165) is 5.56 Å². The van der Waals surface area contributed by atoms with Crippen molar-refractivity contribution in [2.75, 3.05) is 6.54 Å². The molecular weight excluding hydrogens is 257 g/mol. The van der Waals surface area contributed by atoms with Gasteiger partial charge in [-0.25, -0.2) is 14.2 Å². The molecule has 4 nitrogen and oxygen atoms in total. The Kier molecular flexibility index (Phi) is 4.28. The number of benzene rings is 1. The summed E-state index contributed by atoms with van der Waals surface area (Å²) in [6.07, 6.45) is 3.14. The number of aryl methyl sites for hydroxylation is 1. The van der Waals surface area contributed by atoms with E-state index in [1.807, 2.05) is 6.92 Å². The normalized spacial score (nSPS) is 9.95. The quantitative estimate of drug-likeness (QED) is 0.830. The van der Waals surface area contributed by atoms with Crippen LogP contribution in [0.2, 0.25) is 0 Å². The van der Waals surface area contributed by atoms with Crippen molar-refractivity contribution in [2.24, 2.45) is 5.73 Å². The molecule has 0 aliphatic rings. The predicted molar refractivity (Wildman–Crippen MR) is 74.7 cm³/mol. The highest BCUT2D eigenvalue weighted by Crippen LogP contribution is 2.11. The zero-order valence-electron chi connectivity index (χ0n) is 11.1. The summed E-state index contributed by atoms with van der Waals surface area (Å²) in [5, 5.41) is 0. The minimum atomic E-state index is -0.401. The molecule has 0 saturated carbocycles. The molecule has 0 unspecified atom stereocenters. The van der Waals surface area contributed by atoms with Crippen LogP contribution in [0.5, 0.6) is 0 Å². The van der Waals surface area contributed by atoms with Gasteiger partial charge in [-0.2, -0.15) is 0 Å². The van der Waals surface area contributed by atoms with Crippen LogP contribution in [-0.2, 0) is 6.54 Å². The molecule has 0 radical (unpaired) electrons. The van der Waals surface area contributed by atoms with Crippen molar-refractivity contribution in [3.8, 4) is 11.8 Å². The zero-order chi connectivity index (χ0) is 14.5. The van der Waals surface area contributed by atoms with Gasteiger partial charge in [0.15, 0.2) is 0 Å². The highest BCUT2D eigenvalue weighted by atomic mass is 19.1. The summed E-state index contributed by atoms with van der Waals surface area (Å²) >= 11 is 0. The zero-order valence-corrected chi connectivity index (χ0v) is 11.1. The van der Waals surface area contributed by atoms with Gasteiger partial charge in [0.2, 0.25) is 0 Å². The van der Waals surface area contributed by atoms with Crippen molar-refractivity contribution in [1.82, 2.24) is 9.55 Å². The Morgan fingerprint density at radius 2 is 2.25 bits per heavy atom. The number of nitrogens with two attached hydrogens (primary N) is 1. The molecule has 1 heterocycles. The molecule has 102 valence electrons. The van der Waals surface area contributed by atoms with Crippen LogP contribution in [0, 0.1) is 24.6 Å². The van der Waals surface area contributed by atoms with Crippen LogP contribution in [0.15, 0.2) is 35.4 Å². The van der Waals surface area contributed by atoms with Gasteiger partial charge in [0.05, 0.1) is 13.1 Å². The van der Waals surface area contributed by atoms with Gasteiger partial charge >= 0.3 is 5.69 Å². The molecule has 0 atom stereocenters. The first-order valence-corrected chi connectivity index (χ1v) is 6.10. The van der Waals surface area contributed by atoms with E-state index in [2.05, 4.69) is 16.8 Å². The maximum atomic E-state index is 14.0. The van der Waals surface area contributed by atoms with E-state index in [4.69, 9.17) is 5.73 Å². The van der Waals surface area contributed by atoms with Crippen molar-refractivity contribution in [3.63, 3.8) is 0 Å². The third-order valence-electron chi connectivity index (χ3n) is 2.71. The molecule has 2 N–H and O–H groups in total. The van der Waals surface area contributed by atoms with Crippen molar-refractivity contribution in [1.29, 1.82) is 0 Å². The van der Waals surface area contributed by atoms with E-state index in [1.165, 1.54) is 16.8 Å². The third kappa shape index (κ3) is 3.31. The third-order valence-corrected chi connectivity index (χ3v) is 2.71. The van der Waals surface area contributed by atoms with Crippen LogP contribution in [0.25, 0.3) is 0 Å². The number of hydrogen-bond donors (Lipinski definition) is 1. The molecule has 0 aliphatic heterocycles. The van der Waals surface area contributed by atoms with Crippen LogP contribution in [0.4, 0.5) is 4.39 Å². The van der Waals surface area contributed by atoms with Crippen molar-refractivity contribution in [2.45, 2.75) is 13.5 Å². The number of rotatable bonds is 2. The molecule has 2 rings (SSSR count). The summed E-state index contributed by atoms with van der Waals surface area (Å²) in [6.45, 7) is 2.20. The van der Waals surface area contributed by atoms with E-state index in [9.17, 15) is 9.18 Å². The van der Waals surface area contributed by atoms with E-state index < -0.39 is 11.5 Å². The SMILES string of the molecule is Cc1cnc(=O)n(Cc2ccc(C#CCN)cc2F)c1. The van der Waals surface area contributed by atoms with E-state index in [0.29, 0.717) is 11.1 Å². The number of nitrogens with zero attached hydrogens (tertiary/aromatic N) is 2. The Labute approximate surface area is 116 Å². The summed E-state index contributed by atoms with van der Waals surface area (Å²) in [7, 11) is 0. The monoisotopic (exact) mass is 271 g/mol. The second kappa shape index (κ2) is 6.13. The topological polar surface area (TPSA) is 60.9 Å². The van der Waals surface area contributed by atoms with Gasteiger partial charge in [-0.15, -0.1) is 0 Å². The summed E-state index contributed by atoms with van der Waals surface area (Å²) in [4.78, 5) is 15.3. The fourth-order valence-corrected chi connectivity index (χ4v) is 1.77. The predicted octanol–water partition coefficient (Wildman–Crippen LogP) is 1.05. The van der Waals surface area contributed by atoms with E-state index in [-0.39, 0.29) is 13.1 Å². The molecule has 0 amide bonds. The van der Waals surface area contributed by atoms with Crippen molar-refractivity contribution in [3.05, 3.63) is 63.6 Å². The van der Waals surface area contributed by atoms with E-state index in [1.54, 1.807) is 18.3 Å². The Morgan fingerprint density at radius 1 is 1.45 bits per heavy atom. The Hall–Kier alpha value is -2.45. The molecule has 0 fully saturated rings. The largest absolute Gasteiger partial charge is 0.347 e. The van der Waals surface area contributed by atoms with Crippen LogP contribution in [0.3, 0.4) is 0 Å². The highest BCUT2D eigenvalue weighted by Gasteiger charge is 2.05. The molecule has 1 aromatic heterocycles. The standard InChI is InChI=1S/C15H14FN3O/c1-11-8-18-15(20)19(9-11)10-13-5-4-12(3-2-6-17)7-14(13)16/h4-5,7-9H,6,10,17H2,1H3. The van der Waals surface area contributed by atoms with Crippen molar-refractivity contribution >= 4 is 0 Å². The smallest absolute Gasteiger partial charge is 0.320 e. The fourth-order valence-electron chi connectivity index (χ4n) is 1.77. The maximum Gasteiger partial charge on any atom is 0.347 e. The second-order valence-corrected chi connectivity index (χ2v) is 4.35. The van der Waals surface area contributed by atoms with Crippen LogP contribution in [-0.4, -0.2) is 16.1 Å². The highest BCUT2D eigenvalue weighted by molar-refractivity contribution is 5.37. The van der Waals surface area contributed by atoms with Gasteiger partial charge in [0.1, 0.15) is 5.82 Å². The molecule has 0 aliphatic carbocycles. The fraction of sp³-hybridized carbons (Fsp3) is 0.200. The molecule has 0 bridgehead atoms. The number of aromatic nitrogens is 2. The lowest BCUT2D eigenvalue weighted by molar-refractivity contribution is 0.592. The average Bonchev–Trinajstić information content (AvgIpc) is 2.43. The Morgan fingerprint density at radius 3 is 2.95 bits per heavy atom. The van der Waals surface area contributed by atoms with Crippen molar-refractivity contribution < 1.29 is 4.39 Å². The second-order valence-electron chi connectivity index (χ2n) is 4.35. The Bertz CT molecular complexity index is 741. The van der Waals surface area contributed by atoms with Crippen LogP contribution in [0.1, 0.15) is 16.7 Å². The molecule has 2 aromatic rings. The number of halogens is 1. The minimum absolute atomic E-state index is 0.143. The maximum absolute atomic E-state index is 14.0. The average molecular weight is 271 g/mol. The molecule has 5 heteroatoms. The summed E-state index contributed by atoms with van der Waals surface area (Å²) in [5.74, 6) is 5.02. The minimum Gasteiger partial charge on any atom is -0.320 e. The first-order chi connectivity index (χ1) is 9.60. The summed E-state index contributed by atoms with van der Waals surface area (Å²) in [6, 6.07) is 4.66. The molecular formula is C15H14FN3O. The first-order valence-electron chi connectivity index (χ1n) is 6.10. The van der Waals surface area contributed by atoms with Crippen LogP contribution < -0.4 is 11.4 Å². The summed E-state index contributed by atoms with van der Waals surface area (Å²) in [5.41, 5.74) is 6.68. The van der Waals surface area contributed by atoms with Gasteiger partial charge in [0, 0.05) is 23.5 Å². The van der Waals surface area contributed by atoms with Gasteiger partial charge in [0.25, 0.3) is 0 Å². The van der Waals surface area contributed by atoms with Gasteiger partial charge < -0.3 is 5.73 Å². The first kappa shape index (κ1) is 14.0. The lowest BCUT2D eigenvalue weighted by Crippen LogP contribution is -2.23. The van der Waals surface area contributed by atoms with Gasteiger partial charge in [-0.05, 0) is 24.6 Å². The number of hydrogen-bond acceptors (Lipinski definition) is 3. The lowest BCUT2D eigenvalue weighted by atomic mass is 10.1. The molecule has 20 heavy (non-hydrogen) atoms. The molecule has 0 saturated heterocycles. The Balaban J connectivity index is 2.30. The molecule has 0 spiro atoms. The lowest BCUT2D eigenvalue weighted by Gasteiger charge is -2.07. The van der Waals surface area contributed by atoms with E-state index >= 15 is 0 Å². The van der Waals surface area contributed by atoms with Gasteiger partial charge in [-0.1, -0.05) is 17.9 Å². The molecule has 1 aromatic carbocycles. The summed E-state index contributed by atoms with van der Waals surface area (Å²) < 4.78 is 15.3. The van der Waals surface area contributed by atoms with Gasteiger partial charge in [-0.3, -0.25) is 4.57 Å².